The van der Waals surface area contributed by atoms with Gasteiger partial charge in [0.2, 0.25) is 10.0 Å². The number of fused-ring (bicyclic) bond motifs is 1. The number of hydrogen-bond acceptors (Lipinski definition) is 7. The van der Waals surface area contributed by atoms with Crippen LogP contribution in [0.25, 0.3) is 10.2 Å². The molecule has 1 amide bonds. The van der Waals surface area contributed by atoms with Gasteiger partial charge in [-0.2, -0.15) is 4.31 Å². The summed E-state index contributed by atoms with van der Waals surface area (Å²) in [6.45, 7) is 9.80. The largest absolute Gasteiger partial charge is 0.351 e. The van der Waals surface area contributed by atoms with Gasteiger partial charge in [0.15, 0.2) is 5.13 Å². The molecule has 4 rings (SSSR count). The molecule has 1 fully saturated rings. The lowest BCUT2D eigenvalue weighted by atomic mass is 10.2. The molecule has 0 bridgehead atoms. The third kappa shape index (κ3) is 6.23. The molecule has 0 saturated carbocycles. The number of amides is 1. The molecule has 1 N–H and O–H groups in total. The first kappa shape index (κ1) is 26.5. The molecule has 0 radical (unpaired) electrons. The minimum atomic E-state index is -3.54. The van der Waals surface area contributed by atoms with Crippen molar-refractivity contribution >= 4 is 42.6 Å². The predicted octanol–water partition coefficient (Wildman–Crippen LogP) is 3.66. The van der Waals surface area contributed by atoms with Crippen LogP contribution >= 0.6 is 11.3 Å². The van der Waals surface area contributed by atoms with Gasteiger partial charge in [-0.05, 0) is 42.8 Å². The summed E-state index contributed by atoms with van der Waals surface area (Å²) in [7, 11) is -3.54. The van der Waals surface area contributed by atoms with Crippen molar-refractivity contribution < 1.29 is 13.2 Å². The van der Waals surface area contributed by atoms with Gasteiger partial charge in [0.05, 0.1) is 15.1 Å². The highest BCUT2D eigenvalue weighted by atomic mass is 32.2. The van der Waals surface area contributed by atoms with E-state index in [4.69, 9.17) is 4.98 Å². The average Bonchev–Trinajstić information content (AvgIpc) is 3.34. The molecule has 1 saturated heterocycles. The van der Waals surface area contributed by atoms with E-state index in [1.54, 1.807) is 23.5 Å². The maximum atomic E-state index is 12.9. The summed E-state index contributed by atoms with van der Waals surface area (Å²) in [5.41, 5.74) is 1.51. The number of nitrogens with one attached hydrogen (secondary N) is 1. The molecule has 8 nitrogen and oxygen atoms in total. The summed E-state index contributed by atoms with van der Waals surface area (Å²) in [5, 5.41) is 4.03. The van der Waals surface area contributed by atoms with Crippen molar-refractivity contribution in [3.63, 3.8) is 0 Å². The van der Waals surface area contributed by atoms with Crippen LogP contribution in [0.2, 0.25) is 0 Å². The second-order valence-corrected chi connectivity index (χ2v) is 11.9. The second-order valence-electron chi connectivity index (χ2n) is 8.92. The third-order valence-corrected chi connectivity index (χ3v) is 9.59. The van der Waals surface area contributed by atoms with Crippen LogP contribution in [-0.2, 0) is 10.0 Å². The minimum Gasteiger partial charge on any atom is -0.351 e. The fraction of sp³-hybridized carbons (Fsp3) is 0.462. The van der Waals surface area contributed by atoms with E-state index in [2.05, 4.69) is 21.2 Å². The van der Waals surface area contributed by atoms with Crippen molar-refractivity contribution in [1.29, 1.82) is 0 Å². The molecule has 2 aromatic carbocycles. The van der Waals surface area contributed by atoms with Crippen molar-refractivity contribution in [3.05, 3.63) is 54.1 Å². The zero-order valence-electron chi connectivity index (χ0n) is 21.0. The highest BCUT2D eigenvalue weighted by molar-refractivity contribution is 7.89. The number of hydrogen-bond donors (Lipinski definition) is 1. The van der Waals surface area contributed by atoms with Crippen LogP contribution in [0.15, 0.2) is 53.4 Å². The number of carbonyl (C=O) groups is 1. The minimum absolute atomic E-state index is 0.189. The Hall–Kier alpha value is -2.53. The van der Waals surface area contributed by atoms with E-state index in [-0.39, 0.29) is 10.8 Å². The van der Waals surface area contributed by atoms with Gasteiger partial charge in [-0.1, -0.05) is 43.7 Å². The molecule has 194 valence electrons. The Morgan fingerprint density at radius 3 is 2.44 bits per heavy atom. The van der Waals surface area contributed by atoms with Gasteiger partial charge in [-0.25, -0.2) is 13.4 Å². The van der Waals surface area contributed by atoms with Crippen molar-refractivity contribution in [1.82, 2.24) is 19.5 Å². The zero-order chi connectivity index (χ0) is 25.5. The topological polar surface area (TPSA) is 85.8 Å². The number of thiazole rings is 1. The number of anilines is 1. The van der Waals surface area contributed by atoms with Gasteiger partial charge in [-0.15, -0.1) is 0 Å². The normalized spacial score (nSPS) is 15.0. The standard InChI is InChI=1S/C26H35N5O3S2/c1-3-5-15-31(4-2)36(33,34)22-12-10-21(11-13-22)25(32)27-14-16-29-17-19-30(20-18-29)26-28-23-8-6-7-9-24(23)35-26/h6-13H,3-5,14-20H2,1-2H3,(H,27,32). The third-order valence-electron chi connectivity index (χ3n) is 6.51. The Balaban J connectivity index is 1.23. The van der Waals surface area contributed by atoms with Gasteiger partial charge in [0.25, 0.3) is 5.91 Å². The first-order valence-corrected chi connectivity index (χ1v) is 14.9. The molecule has 0 aliphatic carbocycles. The summed E-state index contributed by atoms with van der Waals surface area (Å²) < 4.78 is 28.4. The van der Waals surface area contributed by atoms with E-state index in [0.717, 1.165) is 56.2 Å². The lowest BCUT2D eigenvalue weighted by Gasteiger charge is -2.34. The number of piperazine rings is 1. The molecule has 10 heteroatoms. The molecular formula is C26H35N5O3S2. The molecule has 36 heavy (non-hydrogen) atoms. The number of para-hydroxylation sites is 1. The lowest BCUT2D eigenvalue weighted by molar-refractivity contribution is 0.0947. The van der Waals surface area contributed by atoms with Gasteiger partial charge in [0.1, 0.15) is 0 Å². The monoisotopic (exact) mass is 529 g/mol. The Morgan fingerprint density at radius 1 is 1.06 bits per heavy atom. The van der Waals surface area contributed by atoms with Crippen LogP contribution in [0.5, 0.6) is 0 Å². The van der Waals surface area contributed by atoms with E-state index >= 15 is 0 Å². The SMILES string of the molecule is CCCCN(CC)S(=O)(=O)c1ccc(C(=O)NCCN2CCN(c3nc4ccccc4s3)CC2)cc1. The van der Waals surface area contributed by atoms with E-state index in [0.29, 0.717) is 25.2 Å². The van der Waals surface area contributed by atoms with Crippen LogP contribution < -0.4 is 10.2 Å². The molecule has 1 aliphatic rings. The van der Waals surface area contributed by atoms with Crippen molar-refractivity contribution in [3.8, 4) is 0 Å². The number of benzene rings is 2. The number of aromatic nitrogens is 1. The molecule has 3 aromatic rings. The number of sulfonamides is 1. The van der Waals surface area contributed by atoms with Crippen molar-refractivity contribution in [2.45, 2.75) is 31.6 Å². The Labute approximate surface area is 218 Å². The number of nitrogens with zero attached hydrogens (tertiary/aromatic N) is 4. The first-order chi connectivity index (χ1) is 17.4. The lowest BCUT2D eigenvalue weighted by Crippen LogP contribution is -2.48. The van der Waals surface area contributed by atoms with Gasteiger partial charge in [0, 0.05) is 57.9 Å². The molecule has 1 aliphatic heterocycles. The Bertz CT molecular complexity index is 1220. The van der Waals surface area contributed by atoms with Crippen LogP contribution in [0, 0.1) is 0 Å². The van der Waals surface area contributed by atoms with E-state index in [9.17, 15) is 13.2 Å². The summed E-state index contributed by atoms with van der Waals surface area (Å²) in [6.07, 6.45) is 1.76. The maximum absolute atomic E-state index is 12.9. The zero-order valence-corrected chi connectivity index (χ0v) is 22.7. The van der Waals surface area contributed by atoms with E-state index in [1.165, 1.54) is 21.1 Å². The average molecular weight is 530 g/mol. The smallest absolute Gasteiger partial charge is 0.251 e. The molecular weight excluding hydrogens is 494 g/mol. The summed E-state index contributed by atoms with van der Waals surface area (Å²) in [5.74, 6) is -0.189. The van der Waals surface area contributed by atoms with Crippen molar-refractivity contribution in [2.75, 3.05) is 57.3 Å². The molecule has 0 unspecified atom stereocenters. The van der Waals surface area contributed by atoms with Crippen LogP contribution in [0.4, 0.5) is 5.13 Å². The fourth-order valence-electron chi connectivity index (χ4n) is 4.30. The van der Waals surface area contributed by atoms with Gasteiger partial charge < -0.3 is 10.2 Å². The number of carbonyl (C=O) groups excluding carboxylic acids is 1. The number of rotatable bonds is 11. The molecule has 0 spiro atoms. The highest BCUT2D eigenvalue weighted by Gasteiger charge is 2.23. The van der Waals surface area contributed by atoms with Crippen LogP contribution in [0.1, 0.15) is 37.0 Å². The maximum Gasteiger partial charge on any atom is 0.251 e. The van der Waals surface area contributed by atoms with Gasteiger partial charge >= 0.3 is 0 Å². The predicted molar refractivity (Wildman–Crippen MR) is 146 cm³/mol. The first-order valence-electron chi connectivity index (χ1n) is 12.6. The van der Waals surface area contributed by atoms with Crippen LogP contribution in [-0.4, -0.2) is 80.9 Å². The van der Waals surface area contributed by atoms with Crippen LogP contribution in [0.3, 0.4) is 0 Å². The highest BCUT2D eigenvalue weighted by Crippen LogP contribution is 2.29. The molecule has 0 atom stereocenters. The van der Waals surface area contributed by atoms with Gasteiger partial charge in [-0.3, -0.25) is 9.69 Å². The van der Waals surface area contributed by atoms with E-state index < -0.39 is 10.0 Å². The summed E-state index contributed by atoms with van der Waals surface area (Å²) >= 11 is 1.73. The molecule has 1 aromatic heterocycles. The second kappa shape index (κ2) is 12.1. The Morgan fingerprint density at radius 2 is 1.78 bits per heavy atom. The quantitative estimate of drug-likeness (QED) is 0.408. The summed E-state index contributed by atoms with van der Waals surface area (Å²) in [6, 6.07) is 14.5. The number of unbranched alkanes of at least 4 members (excludes halogenated alkanes) is 1. The Kier molecular flexibility index (Phi) is 8.95. The molecule has 2 heterocycles. The van der Waals surface area contributed by atoms with Crippen molar-refractivity contribution in [2.24, 2.45) is 0 Å². The fourth-order valence-corrected chi connectivity index (χ4v) is 6.80. The summed E-state index contributed by atoms with van der Waals surface area (Å²) in [4.78, 5) is 22.3. The van der Waals surface area contributed by atoms with E-state index in [1.807, 2.05) is 32.0 Å².